The Morgan fingerprint density at radius 2 is 2.15 bits per heavy atom. The molecular weight excluding hydrogens is 260 g/mol. The number of carbonyl (C=O) groups is 1. The number of hydrogen-bond donors (Lipinski definition) is 2. The smallest absolute Gasteiger partial charge is 0.292 e. The Morgan fingerprint density at radius 3 is 2.75 bits per heavy atom. The number of nitrogens with zero attached hydrogens (tertiary/aromatic N) is 2. The number of nitro benzene ring substituents is 1. The molecule has 1 heterocycles. The van der Waals surface area contributed by atoms with E-state index in [1.807, 2.05) is 13.0 Å². The summed E-state index contributed by atoms with van der Waals surface area (Å²) in [5, 5.41) is 13.3. The van der Waals surface area contributed by atoms with Crippen LogP contribution in [0, 0.1) is 17.0 Å². The first-order chi connectivity index (χ1) is 9.49. The predicted molar refractivity (Wildman–Crippen MR) is 74.4 cm³/mol. The highest BCUT2D eigenvalue weighted by molar-refractivity contribution is 6.04. The Labute approximate surface area is 114 Å². The molecule has 0 atom stereocenters. The first kappa shape index (κ1) is 13.5. The number of aryl methyl sites for hydroxylation is 1. The van der Waals surface area contributed by atoms with Crippen molar-refractivity contribution in [3.05, 3.63) is 57.8 Å². The first-order valence-corrected chi connectivity index (χ1v) is 5.76. The maximum atomic E-state index is 12.0. The summed E-state index contributed by atoms with van der Waals surface area (Å²) >= 11 is 0. The van der Waals surface area contributed by atoms with Gasteiger partial charge in [-0.3, -0.25) is 14.9 Å². The van der Waals surface area contributed by atoms with Gasteiger partial charge in [0, 0.05) is 17.8 Å². The van der Waals surface area contributed by atoms with Crippen LogP contribution in [0.2, 0.25) is 0 Å². The highest BCUT2D eigenvalue weighted by Crippen LogP contribution is 2.22. The molecule has 0 bridgehead atoms. The SMILES string of the molecule is Cc1cccnc1NC(=O)c1ccc([N+](=O)[O-])c(N)c1. The molecule has 1 aromatic heterocycles. The number of hydrogen-bond acceptors (Lipinski definition) is 5. The number of nitrogens with two attached hydrogens (primary N) is 1. The largest absolute Gasteiger partial charge is 0.393 e. The number of nitro groups is 1. The molecule has 0 saturated heterocycles. The van der Waals surface area contributed by atoms with Crippen molar-refractivity contribution in [2.45, 2.75) is 6.92 Å². The summed E-state index contributed by atoms with van der Waals surface area (Å²) in [6.07, 6.45) is 1.56. The van der Waals surface area contributed by atoms with Gasteiger partial charge in [0.25, 0.3) is 11.6 Å². The molecule has 0 radical (unpaired) electrons. The van der Waals surface area contributed by atoms with E-state index >= 15 is 0 Å². The fourth-order valence-electron chi connectivity index (χ4n) is 1.66. The monoisotopic (exact) mass is 272 g/mol. The van der Waals surface area contributed by atoms with Gasteiger partial charge < -0.3 is 11.1 Å². The van der Waals surface area contributed by atoms with E-state index < -0.39 is 10.8 Å². The minimum Gasteiger partial charge on any atom is -0.393 e. The van der Waals surface area contributed by atoms with Crippen molar-refractivity contribution in [3.8, 4) is 0 Å². The summed E-state index contributed by atoms with van der Waals surface area (Å²) in [6, 6.07) is 7.39. The molecule has 7 nitrogen and oxygen atoms in total. The third-order valence-corrected chi connectivity index (χ3v) is 2.73. The standard InChI is InChI=1S/C13H12N4O3/c1-8-3-2-6-15-12(8)16-13(18)9-4-5-11(17(19)20)10(14)7-9/h2-7H,14H2,1H3,(H,15,16,18). The predicted octanol–water partition coefficient (Wildman–Crippen LogP) is 2.13. The van der Waals surface area contributed by atoms with Crippen LogP contribution in [0.3, 0.4) is 0 Å². The second kappa shape index (κ2) is 5.35. The minimum atomic E-state index is -0.597. The second-order valence-electron chi connectivity index (χ2n) is 4.15. The summed E-state index contributed by atoms with van der Waals surface area (Å²) in [4.78, 5) is 26.1. The van der Waals surface area contributed by atoms with Gasteiger partial charge in [0.05, 0.1) is 4.92 Å². The molecular formula is C13H12N4O3. The Kier molecular flexibility index (Phi) is 3.60. The van der Waals surface area contributed by atoms with Gasteiger partial charge in [0.1, 0.15) is 11.5 Å². The third-order valence-electron chi connectivity index (χ3n) is 2.73. The number of benzene rings is 1. The van der Waals surface area contributed by atoms with Gasteiger partial charge in [0.15, 0.2) is 0 Å². The second-order valence-corrected chi connectivity index (χ2v) is 4.15. The van der Waals surface area contributed by atoms with Crippen molar-refractivity contribution in [1.29, 1.82) is 0 Å². The van der Waals surface area contributed by atoms with E-state index in [0.29, 0.717) is 5.82 Å². The molecule has 1 aromatic carbocycles. The van der Waals surface area contributed by atoms with E-state index in [0.717, 1.165) is 5.56 Å². The molecule has 102 valence electrons. The number of rotatable bonds is 3. The number of aromatic nitrogens is 1. The normalized spacial score (nSPS) is 10.1. The Morgan fingerprint density at radius 1 is 1.40 bits per heavy atom. The Bertz CT molecular complexity index is 685. The molecule has 1 amide bonds. The number of pyridine rings is 1. The van der Waals surface area contributed by atoms with Crippen LogP contribution in [0.1, 0.15) is 15.9 Å². The lowest BCUT2D eigenvalue weighted by Gasteiger charge is -2.07. The van der Waals surface area contributed by atoms with Crippen LogP contribution in [0.15, 0.2) is 36.5 Å². The van der Waals surface area contributed by atoms with Gasteiger partial charge in [-0.1, -0.05) is 6.07 Å². The van der Waals surface area contributed by atoms with Gasteiger partial charge in [-0.15, -0.1) is 0 Å². The van der Waals surface area contributed by atoms with Crippen molar-refractivity contribution in [3.63, 3.8) is 0 Å². The summed E-state index contributed by atoms with van der Waals surface area (Å²) in [7, 11) is 0. The van der Waals surface area contributed by atoms with Crippen molar-refractivity contribution in [2.75, 3.05) is 11.1 Å². The summed E-state index contributed by atoms with van der Waals surface area (Å²) in [6.45, 7) is 1.81. The van der Waals surface area contributed by atoms with Crippen molar-refractivity contribution in [1.82, 2.24) is 4.98 Å². The van der Waals surface area contributed by atoms with E-state index in [9.17, 15) is 14.9 Å². The van der Waals surface area contributed by atoms with E-state index in [-0.39, 0.29) is 16.9 Å². The van der Waals surface area contributed by atoms with Gasteiger partial charge in [-0.2, -0.15) is 0 Å². The van der Waals surface area contributed by atoms with Crippen LogP contribution in [0.5, 0.6) is 0 Å². The van der Waals surface area contributed by atoms with Gasteiger partial charge >= 0.3 is 0 Å². The quantitative estimate of drug-likeness (QED) is 0.505. The summed E-state index contributed by atoms with van der Waals surface area (Å²) < 4.78 is 0. The average Bonchev–Trinajstić information content (AvgIpc) is 2.40. The van der Waals surface area contributed by atoms with Crippen molar-refractivity contribution < 1.29 is 9.72 Å². The average molecular weight is 272 g/mol. The highest BCUT2D eigenvalue weighted by Gasteiger charge is 2.15. The number of nitrogen functional groups attached to an aromatic ring is 1. The molecule has 0 fully saturated rings. The zero-order chi connectivity index (χ0) is 14.7. The van der Waals surface area contributed by atoms with Crippen LogP contribution in [-0.2, 0) is 0 Å². The zero-order valence-electron chi connectivity index (χ0n) is 10.7. The van der Waals surface area contributed by atoms with Gasteiger partial charge in [-0.25, -0.2) is 4.98 Å². The van der Waals surface area contributed by atoms with Crippen LogP contribution in [0.4, 0.5) is 17.2 Å². The zero-order valence-corrected chi connectivity index (χ0v) is 10.7. The van der Waals surface area contributed by atoms with E-state index in [1.165, 1.54) is 18.2 Å². The van der Waals surface area contributed by atoms with Gasteiger partial charge in [0.2, 0.25) is 0 Å². The number of nitrogens with one attached hydrogen (secondary N) is 1. The number of anilines is 2. The van der Waals surface area contributed by atoms with Crippen LogP contribution in [-0.4, -0.2) is 15.8 Å². The first-order valence-electron chi connectivity index (χ1n) is 5.76. The fourth-order valence-corrected chi connectivity index (χ4v) is 1.66. The van der Waals surface area contributed by atoms with Crippen molar-refractivity contribution >= 4 is 23.1 Å². The molecule has 20 heavy (non-hydrogen) atoms. The molecule has 2 rings (SSSR count). The molecule has 2 aromatic rings. The van der Waals surface area contributed by atoms with E-state index in [1.54, 1.807) is 12.3 Å². The Hall–Kier alpha value is -2.96. The Balaban J connectivity index is 2.24. The molecule has 7 heteroatoms. The number of carbonyl (C=O) groups excluding carboxylic acids is 1. The van der Waals surface area contributed by atoms with E-state index in [2.05, 4.69) is 10.3 Å². The lowest BCUT2D eigenvalue weighted by molar-refractivity contribution is -0.383. The summed E-state index contributed by atoms with van der Waals surface area (Å²) in [5.41, 5.74) is 6.31. The summed E-state index contributed by atoms with van der Waals surface area (Å²) in [5.74, 6) is 0.0165. The van der Waals surface area contributed by atoms with Crippen LogP contribution < -0.4 is 11.1 Å². The lowest BCUT2D eigenvalue weighted by Crippen LogP contribution is -2.14. The third kappa shape index (κ3) is 2.72. The lowest BCUT2D eigenvalue weighted by atomic mass is 10.1. The molecule has 0 aliphatic heterocycles. The van der Waals surface area contributed by atoms with Gasteiger partial charge in [-0.05, 0) is 30.7 Å². The maximum Gasteiger partial charge on any atom is 0.292 e. The molecule has 3 N–H and O–H groups in total. The fraction of sp³-hybridized carbons (Fsp3) is 0.0769. The molecule has 0 unspecified atom stereocenters. The number of amides is 1. The van der Waals surface area contributed by atoms with Crippen molar-refractivity contribution in [2.24, 2.45) is 0 Å². The molecule has 0 spiro atoms. The van der Waals surface area contributed by atoms with E-state index in [4.69, 9.17) is 5.73 Å². The minimum absolute atomic E-state index is 0.0552. The topological polar surface area (TPSA) is 111 Å². The molecule has 0 aliphatic carbocycles. The maximum absolute atomic E-state index is 12.0. The molecule has 0 aliphatic rings. The highest BCUT2D eigenvalue weighted by atomic mass is 16.6. The van der Waals surface area contributed by atoms with Crippen LogP contribution in [0.25, 0.3) is 0 Å². The molecule has 0 saturated carbocycles. The van der Waals surface area contributed by atoms with Crippen LogP contribution >= 0.6 is 0 Å².